The van der Waals surface area contributed by atoms with Gasteiger partial charge in [-0.25, -0.2) is 0 Å². The Morgan fingerprint density at radius 3 is 1.56 bits per heavy atom. The highest BCUT2D eigenvalue weighted by atomic mass is 127. The van der Waals surface area contributed by atoms with E-state index in [2.05, 4.69) is 71.1 Å². The molecule has 190 valence electrons. The van der Waals surface area contributed by atoms with Crippen molar-refractivity contribution in [3.8, 4) is 0 Å². The molecule has 0 saturated heterocycles. The van der Waals surface area contributed by atoms with E-state index in [9.17, 15) is 0 Å². The van der Waals surface area contributed by atoms with Crippen LogP contribution in [0.4, 0.5) is 0 Å². The summed E-state index contributed by atoms with van der Waals surface area (Å²) in [4.78, 5) is 0. The van der Waals surface area contributed by atoms with E-state index in [-0.39, 0.29) is 0 Å². The van der Waals surface area contributed by atoms with Crippen molar-refractivity contribution in [1.29, 1.82) is 0 Å². The van der Waals surface area contributed by atoms with Gasteiger partial charge in [-0.3, -0.25) is 0 Å². The molecule has 0 aromatic heterocycles. The number of aryl methyl sites for hydroxylation is 1. The van der Waals surface area contributed by atoms with E-state index < -0.39 is 0 Å². The van der Waals surface area contributed by atoms with Crippen LogP contribution in [-0.4, -0.2) is 19.8 Å². The third-order valence-electron chi connectivity index (χ3n) is 6.36. The van der Waals surface area contributed by atoms with Gasteiger partial charge in [-0.15, -0.1) is 0 Å². The number of ether oxygens (including phenoxy) is 2. The lowest BCUT2D eigenvalue weighted by Gasteiger charge is -2.06. The maximum atomic E-state index is 5.74. The lowest BCUT2D eigenvalue weighted by atomic mass is 10.0. The summed E-state index contributed by atoms with van der Waals surface area (Å²) in [6.45, 7) is 3.21. The first kappa shape index (κ1) is 29.3. The van der Waals surface area contributed by atoms with Crippen LogP contribution in [0.5, 0.6) is 0 Å². The fraction of sp³-hybridized carbons (Fsp3) is 0.613. The van der Waals surface area contributed by atoms with E-state index >= 15 is 0 Å². The number of hydrogen-bond donors (Lipinski definition) is 0. The summed E-state index contributed by atoms with van der Waals surface area (Å²) < 4.78 is 12.8. The van der Waals surface area contributed by atoms with Crippen molar-refractivity contribution in [1.82, 2.24) is 0 Å². The lowest BCUT2D eigenvalue weighted by molar-refractivity contribution is 0.0743. The van der Waals surface area contributed by atoms with E-state index in [0.29, 0.717) is 6.61 Å². The molecule has 2 rings (SSSR count). The van der Waals surface area contributed by atoms with Gasteiger partial charge in [-0.1, -0.05) is 113 Å². The Balaban J connectivity index is 1.21. The zero-order valence-corrected chi connectivity index (χ0v) is 23.5. The Bertz CT molecular complexity index is 686. The van der Waals surface area contributed by atoms with E-state index in [1.807, 2.05) is 6.07 Å². The average Bonchev–Trinajstić information content (AvgIpc) is 2.86. The minimum absolute atomic E-state index is 0.704. The third-order valence-corrected chi connectivity index (χ3v) is 7.08. The molecule has 0 bridgehead atoms. The first-order valence-corrected chi connectivity index (χ1v) is 14.9. The highest BCUT2D eigenvalue weighted by molar-refractivity contribution is 14.1. The summed E-state index contributed by atoms with van der Waals surface area (Å²) in [5, 5.41) is 0. The monoisotopic (exact) mass is 578 g/mol. The van der Waals surface area contributed by atoms with Gasteiger partial charge in [0.1, 0.15) is 0 Å². The van der Waals surface area contributed by atoms with Gasteiger partial charge in [0.2, 0.25) is 0 Å². The van der Waals surface area contributed by atoms with Crippen LogP contribution in [0.15, 0.2) is 54.6 Å². The van der Waals surface area contributed by atoms with Gasteiger partial charge in [-0.2, -0.15) is 0 Å². The van der Waals surface area contributed by atoms with Crippen molar-refractivity contribution in [3.05, 3.63) is 69.3 Å². The molecule has 0 aliphatic heterocycles. The van der Waals surface area contributed by atoms with Gasteiger partial charge in [0, 0.05) is 23.4 Å². The number of unbranched alkanes of at least 4 members (excludes halogenated alkanes) is 12. The van der Waals surface area contributed by atoms with Crippen molar-refractivity contribution in [2.45, 2.75) is 103 Å². The van der Waals surface area contributed by atoms with E-state index in [1.54, 1.807) is 0 Å². The van der Waals surface area contributed by atoms with Crippen LogP contribution in [0, 0.1) is 3.57 Å². The molecule has 0 saturated carbocycles. The van der Waals surface area contributed by atoms with E-state index in [0.717, 1.165) is 26.2 Å². The first-order chi connectivity index (χ1) is 16.8. The van der Waals surface area contributed by atoms with Crippen molar-refractivity contribution >= 4 is 22.6 Å². The maximum Gasteiger partial charge on any atom is 0.0716 e. The zero-order valence-electron chi connectivity index (χ0n) is 21.3. The highest BCUT2D eigenvalue weighted by Gasteiger charge is 1.97. The van der Waals surface area contributed by atoms with Crippen LogP contribution in [0.2, 0.25) is 0 Å². The van der Waals surface area contributed by atoms with Crippen LogP contribution in [-0.2, 0) is 22.5 Å². The Hall–Kier alpha value is -0.910. The number of hydrogen-bond acceptors (Lipinski definition) is 2. The molecule has 2 nitrogen and oxygen atoms in total. The van der Waals surface area contributed by atoms with E-state index in [1.165, 1.54) is 105 Å². The molecule has 0 aliphatic carbocycles. The summed E-state index contributed by atoms with van der Waals surface area (Å²) in [6, 6.07) is 19.4. The van der Waals surface area contributed by atoms with Crippen LogP contribution < -0.4 is 0 Å². The second kappa shape index (κ2) is 21.4. The summed E-state index contributed by atoms with van der Waals surface area (Å²) in [6.07, 6.45) is 20.2. The standard InChI is InChI=1S/C31H47IO2/c32-31-23-21-29(22-24-31)18-13-10-8-6-4-2-1-3-5-7-9-11-16-25-33-26-17-27-34-28-30-19-14-12-15-20-30/h12,14-15,19-24H,1-11,13,16-18,25-28H2. The summed E-state index contributed by atoms with van der Waals surface area (Å²) >= 11 is 2.38. The molecule has 0 spiro atoms. The molecular formula is C31H47IO2. The SMILES string of the molecule is Ic1ccc(CCCCCCCCCCCCCCCOCCCOCc2ccccc2)cc1. The smallest absolute Gasteiger partial charge is 0.0716 e. The molecule has 0 heterocycles. The van der Waals surface area contributed by atoms with E-state index in [4.69, 9.17) is 9.47 Å². The van der Waals surface area contributed by atoms with Gasteiger partial charge in [0.05, 0.1) is 6.61 Å². The molecule has 3 heteroatoms. The molecule has 0 radical (unpaired) electrons. The lowest BCUT2D eigenvalue weighted by Crippen LogP contribution is -2.02. The van der Waals surface area contributed by atoms with Crippen LogP contribution >= 0.6 is 22.6 Å². The number of halogens is 1. The number of rotatable bonds is 22. The van der Waals surface area contributed by atoms with Gasteiger partial charge in [-0.05, 0) is 71.5 Å². The molecule has 2 aromatic rings. The molecule has 0 N–H and O–H groups in total. The molecular weight excluding hydrogens is 531 g/mol. The quantitative estimate of drug-likeness (QED) is 0.102. The Morgan fingerprint density at radius 2 is 0.941 bits per heavy atom. The van der Waals surface area contributed by atoms with Gasteiger partial charge >= 0.3 is 0 Å². The first-order valence-electron chi connectivity index (χ1n) is 13.8. The summed E-state index contributed by atoms with van der Waals surface area (Å²) in [7, 11) is 0. The normalized spacial score (nSPS) is 11.2. The zero-order chi connectivity index (χ0) is 23.9. The van der Waals surface area contributed by atoms with Crippen molar-refractivity contribution in [2.24, 2.45) is 0 Å². The Kier molecular flexibility index (Phi) is 18.4. The van der Waals surface area contributed by atoms with Gasteiger partial charge in [0.15, 0.2) is 0 Å². The van der Waals surface area contributed by atoms with Crippen molar-refractivity contribution in [3.63, 3.8) is 0 Å². The van der Waals surface area contributed by atoms with Crippen LogP contribution in [0.25, 0.3) is 0 Å². The molecule has 0 unspecified atom stereocenters. The maximum absolute atomic E-state index is 5.74. The highest BCUT2D eigenvalue weighted by Crippen LogP contribution is 2.14. The van der Waals surface area contributed by atoms with Gasteiger partial charge < -0.3 is 9.47 Å². The minimum Gasteiger partial charge on any atom is -0.381 e. The fourth-order valence-corrected chi connectivity index (χ4v) is 4.62. The predicted molar refractivity (Wildman–Crippen MR) is 154 cm³/mol. The van der Waals surface area contributed by atoms with Crippen LogP contribution in [0.1, 0.15) is 101 Å². The summed E-state index contributed by atoms with van der Waals surface area (Å²) in [5.74, 6) is 0. The minimum atomic E-state index is 0.704. The van der Waals surface area contributed by atoms with Crippen LogP contribution in [0.3, 0.4) is 0 Å². The second-order valence-electron chi connectivity index (χ2n) is 9.48. The molecule has 0 amide bonds. The molecule has 34 heavy (non-hydrogen) atoms. The third kappa shape index (κ3) is 16.7. The topological polar surface area (TPSA) is 18.5 Å². The molecule has 0 atom stereocenters. The second-order valence-corrected chi connectivity index (χ2v) is 10.7. The van der Waals surface area contributed by atoms with Crippen molar-refractivity contribution < 1.29 is 9.47 Å². The molecule has 0 fully saturated rings. The largest absolute Gasteiger partial charge is 0.381 e. The molecule has 2 aromatic carbocycles. The Labute approximate surface area is 223 Å². The average molecular weight is 579 g/mol. The molecule has 0 aliphatic rings. The predicted octanol–water partition coefficient (Wildman–Crippen LogP) is 9.53. The van der Waals surface area contributed by atoms with Gasteiger partial charge in [0.25, 0.3) is 0 Å². The Morgan fingerprint density at radius 1 is 0.441 bits per heavy atom. The summed E-state index contributed by atoms with van der Waals surface area (Å²) in [5.41, 5.74) is 2.73. The van der Waals surface area contributed by atoms with Crippen molar-refractivity contribution in [2.75, 3.05) is 19.8 Å². The fourth-order valence-electron chi connectivity index (χ4n) is 4.26. The number of benzene rings is 2.